The number of hydrogen-bond acceptors (Lipinski definition) is 1. The number of H-pyrrole nitrogens is 2. The van der Waals surface area contributed by atoms with Gasteiger partial charge in [0, 0.05) is 13.1 Å². The zero-order valence-electron chi connectivity index (χ0n) is 15.5. The molecule has 0 amide bonds. The summed E-state index contributed by atoms with van der Waals surface area (Å²) in [5, 5.41) is 0. The quantitative estimate of drug-likeness (QED) is 0.271. The largest absolute Gasteiger partial charge is 0.323 e. The number of imidazole rings is 1. The van der Waals surface area contributed by atoms with E-state index in [0.29, 0.717) is 0 Å². The molecular weight excluding hydrogens is 586 g/mol. The van der Waals surface area contributed by atoms with Gasteiger partial charge in [-0.05, 0) is 110 Å². The fraction of sp³-hybridized carbons (Fsp3) is 0.125. The van der Waals surface area contributed by atoms with Gasteiger partial charge in [0.25, 0.3) is 0 Å². The molecule has 1 aliphatic carbocycles. The minimum absolute atomic E-state index is 0.170. The van der Waals surface area contributed by atoms with Crippen molar-refractivity contribution in [2.45, 2.75) is 18.8 Å². The molecule has 0 saturated carbocycles. The van der Waals surface area contributed by atoms with Crippen molar-refractivity contribution < 1.29 is 0 Å². The topological polar surface area (TPSA) is 48.6 Å². The standard InChI is InChI=1S/C24H18I2N2O/c25-17-12-16-8-7-15-3-1-2-4-18(15)19(23(16)20(26)13-17)9-5-14-6-10-21-22(11-14)28-24(29)27-21/h1-6,9-13,19H,7-8H2,(H2,27,28,29)/b9-5-. The van der Waals surface area contributed by atoms with E-state index in [-0.39, 0.29) is 11.6 Å². The fourth-order valence-corrected chi connectivity index (χ4v) is 6.54. The van der Waals surface area contributed by atoms with Gasteiger partial charge in [-0.25, -0.2) is 4.79 Å². The first-order valence-electron chi connectivity index (χ1n) is 9.54. The lowest BCUT2D eigenvalue weighted by Gasteiger charge is -2.19. The van der Waals surface area contributed by atoms with Gasteiger partial charge in [-0.15, -0.1) is 0 Å². The number of nitrogens with one attached hydrogen (secondary N) is 2. The molecule has 1 aromatic heterocycles. The Hall–Kier alpha value is -1.87. The number of halogens is 2. The molecule has 0 bridgehead atoms. The first-order chi connectivity index (χ1) is 14.1. The Balaban J connectivity index is 1.64. The molecule has 3 nitrogen and oxygen atoms in total. The maximum atomic E-state index is 11.6. The molecule has 1 heterocycles. The Morgan fingerprint density at radius 2 is 1.69 bits per heavy atom. The van der Waals surface area contributed by atoms with E-state index in [4.69, 9.17) is 0 Å². The Kier molecular flexibility index (Phi) is 5.11. The summed E-state index contributed by atoms with van der Waals surface area (Å²) in [5.74, 6) is 0.216. The average Bonchev–Trinajstić information content (AvgIpc) is 2.99. The van der Waals surface area contributed by atoms with Crippen molar-refractivity contribution in [3.05, 3.63) is 106 Å². The lowest BCUT2D eigenvalue weighted by molar-refractivity contribution is 0.962. The summed E-state index contributed by atoms with van der Waals surface area (Å²) >= 11 is 4.90. The second-order valence-corrected chi connectivity index (χ2v) is 9.79. The van der Waals surface area contributed by atoms with Crippen LogP contribution >= 0.6 is 45.2 Å². The molecule has 5 heteroatoms. The van der Waals surface area contributed by atoms with E-state index < -0.39 is 0 Å². The average molecular weight is 604 g/mol. The molecule has 0 fully saturated rings. The van der Waals surface area contributed by atoms with Crippen LogP contribution in [0.1, 0.15) is 33.7 Å². The highest BCUT2D eigenvalue weighted by molar-refractivity contribution is 14.1. The molecule has 0 radical (unpaired) electrons. The van der Waals surface area contributed by atoms with Gasteiger partial charge in [0.05, 0.1) is 11.0 Å². The summed E-state index contributed by atoms with van der Waals surface area (Å²) in [7, 11) is 0. The lowest BCUT2D eigenvalue weighted by atomic mass is 9.87. The number of rotatable bonds is 2. The van der Waals surface area contributed by atoms with Gasteiger partial charge in [-0.2, -0.15) is 0 Å². The third kappa shape index (κ3) is 3.70. The molecule has 1 atom stereocenters. The van der Waals surface area contributed by atoms with Crippen LogP contribution in [0.25, 0.3) is 17.1 Å². The molecule has 0 aliphatic heterocycles. The molecule has 3 aromatic carbocycles. The van der Waals surface area contributed by atoms with Gasteiger partial charge >= 0.3 is 5.69 Å². The maximum absolute atomic E-state index is 11.6. The molecule has 5 rings (SSSR count). The lowest BCUT2D eigenvalue weighted by Crippen LogP contribution is -2.04. The smallest absolute Gasteiger partial charge is 0.306 e. The van der Waals surface area contributed by atoms with Crippen LogP contribution < -0.4 is 5.69 Å². The number of aromatic nitrogens is 2. The van der Waals surface area contributed by atoms with Gasteiger partial charge < -0.3 is 9.97 Å². The fourth-order valence-electron chi connectivity index (χ4n) is 4.24. The number of hydrogen-bond donors (Lipinski definition) is 2. The van der Waals surface area contributed by atoms with E-state index in [1.165, 1.54) is 29.4 Å². The van der Waals surface area contributed by atoms with Crippen molar-refractivity contribution in [1.29, 1.82) is 0 Å². The molecule has 0 saturated heterocycles. The Morgan fingerprint density at radius 3 is 2.59 bits per heavy atom. The van der Waals surface area contributed by atoms with E-state index in [9.17, 15) is 4.79 Å². The van der Waals surface area contributed by atoms with Gasteiger partial charge in [-0.3, -0.25) is 0 Å². The first-order valence-corrected chi connectivity index (χ1v) is 11.7. The zero-order chi connectivity index (χ0) is 20.0. The van der Waals surface area contributed by atoms with Gasteiger partial charge in [0.15, 0.2) is 0 Å². The van der Waals surface area contributed by atoms with E-state index >= 15 is 0 Å². The summed E-state index contributed by atoms with van der Waals surface area (Å²) < 4.78 is 2.61. The number of fused-ring (bicyclic) bond motifs is 3. The van der Waals surface area contributed by atoms with Crippen molar-refractivity contribution in [2.24, 2.45) is 0 Å². The highest BCUT2D eigenvalue weighted by atomic mass is 127. The summed E-state index contributed by atoms with van der Waals surface area (Å²) in [6, 6.07) is 19.4. The molecule has 1 unspecified atom stereocenters. The molecule has 1 aliphatic rings. The summed E-state index contributed by atoms with van der Waals surface area (Å²) in [5.41, 5.74) is 8.26. The Bertz CT molecular complexity index is 1320. The van der Waals surface area contributed by atoms with Crippen molar-refractivity contribution in [3.63, 3.8) is 0 Å². The predicted octanol–water partition coefficient (Wildman–Crippen LogP) is 6.01. The monoisotopic (exact) mass is 604 g/mol. The second-order valence-electron chi connectivity index (χ2n) is 7.38. The van der Waals surface area contributed by atoms with Crippen molar-refractivity contribution >= 4 is 62.3 Å². The predicted molar refractivity (Wildman–Crippen MR) is 136 cm³/mol. The third-order valence-corrected chi connectivity index (χ3v) is 7.08. The van der Waals surface area contributed by atoms with Crippen LogP contribution in [-0.2, 0) is 12.8 Å². The minimum atomic E-state index is -0.170. The summed E-state index contributed by atoms with van der Waals surface area (Å²) in [4.78, 5) is 17.2. The van der Waals surface area contributed by atoms with Crippen LogP contribution in [0.4, 0.5) is 0 Å². The molecule has 2 N–H and O–H groups in total. The van der Waals surface area contributed by atoms with Crippen LogP contribution in [0.2, 0.25) is 0 Å². The highest BCUT2D eigenvalue weighted by Gasteiger charge is 2.24. The van der Waals surface area contributed by atoms with E-state index in [1.807, 2.05) is 18.2 Å². The number of aryl methyl sites for hydroxylation is 2. The van der Waals surface area contributed by atoms with E-state index in [1.54, 1.807) is 0 Å². The summed E-state index contributed by atoms with van der Waals surface area (Å²) in [6.45, 7) is 0. The molecule has 0 spiro atoms. The van der Waals surface area contributed by atoms with E-state index in [2.05, 4.69) is 104 Å². The van der Waals surface area contributed by atoms with Gasteiger partial charge in [0.2, 0.25) is 0 Å². The van der Waals surface area contributed by atoms with Crippen LogP contribution in [0.5, 0.6) is 0 Å². The number of aromatic amines is 2. The Labute approximate surface area is 195 Å². The Morgan fingerprint density at radius 1 is 0.897 bits per heavy atom. The van der Waals surface area contributed by atoms with Crippen molar-refractivity contribution in [3.8, 4) is 0 Å². The van der Waals surface area contributed by atoms with Crippen molar-refractivity contribution in [2.75, 3.05) is 0 Å². The van der Waals surface area contributed by atoms with Crippen LogP contribution in [-0.4, -0.2) is 9.97 Å². The molecule has 4 aromatic rings. The molecular formula is C24H18I2N2O. The van der Waals surface area contributed by atoms with E-state index in [0.717, 1.165) is 29.4 Å². The number of allylic oxidation sites excluding steroid dienone is 1. The highest BCUT2D eigenvalue weighted by Crippen LogP contribution is 2.39. The third-order valence-electron chi connectivity index (χ3n) is 5.57. The molecule has 144 valence electrons. The van der Waals surface area contributed by atoms with Crippen LogP contribution in [0.15, 0.2) is 65.5 Å². The van der Waals surface area contributed by atoms with Crippen molar-refractivity contribution in [1.82, 2.24) is 9.97 Å². The minimum Gasteiger partial charge on any atom is -0.306 e. The van der Waals surface area contributed by atoms with Gasteiger partial charge in [0.1, 0.15) is 0 Å². The zero-order valence-corrected chi connectivity index (χ0v) is 19.8. The number of benzene rings is 3. The normalized spacial score (nSPS) is 16.0. The SMILES string of the molecule is O=c1[nH]c2ccc(/C=C\C3c4ccccc4CCc4cc(I)cc(I)c43)cc2[nH]1. The maximum Gasteiger partial charge on any atom is 0.323 e. The van der Waals surface area contributed by atoms with Crippen LogP contribution in [0.3, 0.4) is 0 Å². The van der Waals surface area contributed by atoms with Crippen LogP contribution in [0, 0.1) is 7.14 Å². The summed E-state index contributed by atoms with van der Waals surface area (Å²) in [6.07, 6.45) is 6.62. The first kappa shape index (κ1) is 19.1. The van der Waals surface area contributed by atoms with Gasteiger partial charge in [-0.1, -0.05) is 42.5 Å². The molecule has 29 heavy (non-hydrogen) atoms. The second kappa shape index (κ2) is 7.75.